The molecule has 1 aliphatic heterocycles. The minimum atomic E-state index is -3.91. The van der Waals surface area contributed by atoms with Gasteiger partial charge in [0.05, 0.1) is 4.90 Å². The van der Waals surface area contributed by atoms with Gasteiger partial charge in [-0.05, 0) is 29.8 Å². The number of hydrogen-bond donors (Lipinski definition) is 1. The summed E-state index contributed by atoms with van der Waals surface area (Å²) in [6.07, 6.45) is 0. The van der Waals surface area contributed by atoms with Gasteiger partial charge in [0.15, 0.2) is 0 Å². The average Bonchev–Trinajstić information content (AvgIpc) is 2.70. The summed E-state index contributed by atoms with van der Waals surface area (Å²) in [6, 6.07) is 13.7. The summed E-state index contributed by atoms with van der Waals surface area (Å²) in [5.74, 6) is -0.561. The van der Waals surface area contributed by atoms with Gasteiger partial charge in [0.2, 0.25) is 15.9 Å². The van der Waals surface area contributed by atoms with Crippen molar-refractivity contribution >= 4 is 21.8 Å². The molecule has 0 radical (unpaired) electrons. The maximum Gasteiger partial charge on any atom is 0.251 e. The SMILES string of the molecule is CNC(=O)c1ccc(S(=O)(=O)N2CCN(C)C(=O)C2c2ccccc2)cc1. The van der Waals surface area contributed by atoms with Crippen molar-refractivity contribution in [1.82, 2.24) is 14.5 Å². The van der Waals surface area contributed by atoms with E-state index in [-0.39, 0.29) is 23.3 Å². The van der Waals surface area contributed by atoms with Gasteiger partial charge < -0.3 is 10.2 Å². The van der Waals surface area contributed by atoms with E-state index in [0.717, 1.165) is 0 Å². The van der Waals surface area contributed by atoms with Crippen molar-refractivity contribution < 1.29 is 18.0 Å². The Balaban J connectivity index is 2.00. The van der Waals surface area contributed by atoms with Gasteiger partial charge in [0, 0.05) is 32.7 Å². The van der Waals surface area contributed by atoms with Gasteiger partial charge in [0.1, 0.15) is 6.04 Å². The zero-order chi connectivity index (χ0) is 19.6. The first-order valence-electron chi connectivity index (χ1n) is 8.50. The minimum absolute atomic E-state index is 0.0495. The number of likely N-dealkylation sites (N-methyl/N-ethyl adjacent to an activating group) is 1. The number of piperazine rings is 1. The number of carbonyl (C=O) groups is 2. The normalized spacial score (nSPS) is 18.4. The molecule has 3 rings (SSSR count). The Kier molecular flexibility index (Phi) is 5.29. The first kappa shape index (κ1) is 19.1. The first-order valence-corrected chi connectivity index (χ1v) is 9.94. The van der Waals surface area contributed by atoms with Crippen LogP contribution in [0.15, 0.2) is 59.5 Å². The Morgan fingerprint density at radius 2 is 1.67 bits per heavy atom. The summed E-state index contributed by atoms with van der Waals surface area (Å²) in [6.45, 7) is 0.513. The van der Waals surface area contributed by atoms with Gasteiger partial charge in [-0.2, -0.15) is 4.31 Å². The van der Waals surface area contributed by atoms with E-state index in [9.17, 15) is 18.0 Å². The van der Waals surface area contributed by atoms with E-state index in [1.807, 2.05) is 6.07 Å². The van der Waals surface area contributed by atoms with E-state index in [2.05, 4.69) is 5.32 Å². The lowest BCUT2D eigenvalue weighted by atomic mass is 10.0. The molecule has 1 heterocycles. The molecular formula is C19H21N3O4S. The third-order valence-corrected chi connectivity index (χ3v) is 6.50. The molecule has 1 unspecified atom stereocenters. The second kappa shape index (κ2) is 7.50. The Labute approximate surface area is 158 Å². The monoisotopic (exact) mass is 387 g/mol. The van der Waals surface area contributed by atoms with Crippen molar-refractivity contribution in [2.45, 2.75) is 10.9 Å². The van der Waals surface area contributed by atoms with Crippen LogP contribution in [0.3, 0.4) is 0 Å². The lowest BCUT2D eigenvalue weighted by molar-refractivity contribution is -0.137. The third-order valence-electron chi connectivity index (χ3n) is 4.62. The Morgan fingerprint density at radius 3 is 2.26 bits per heavy atom. The van der Waals surface area contributed by atoms with Crippen molar-refractivity contribution in [3.63, 3.8) is 0 Å². The van der Waals surface area contributed by atoms with Crippen molar-refractivity contribution in [2.75, 3.05) is 27.2 Å². The largest absolute Gasteiger partial charge is 0.355 e. The van der Waals surface area contributed by atoms with Gasteiger partial charge in [0.25, 0.3) is 5.91 Å². The fourth-order valence-corrected chi connectivity index (χ4v) is 4.64. The molecule has 1 fully saturated rings. The second-order valence-corrected chi connectivity index (χ2v) is 8.18. The average molecular weight is 387 g/mol. The Hall–Kier alpha value is -2.71. The van der Waals surface area contributed by atoms with Crippen LogP contribution in [0.5, 0.6) is 0 Å². The maximum atomic E-state index is 13.2. The molecule has 2 amide bonds. The summed E-state index contributed by atoms with van der Waals surface area (Å²) < 4.78 is 27.7. The zero-order valence-electron chi connectivity index (χ0n) is 15.1. The van der Waals surface area contributed by atoms with Crippen LogP contribution in [0, 0.1) is 0 Å². The first-order chi connectivity index (χ1) is 12.9. The fraction of sp³-hybridized carbons (Fsp3) is 0.263. The molecule has 2 aromatic carbocycles. The van der Waals surface area contributed by atoms with Crippen LogP contribution in [0.2, 0.25) is 0 Å². The van der Waals surface area contributed by atoms with Gasteiger partial charge in [-0.25, -0.2) is 8.42 Å². The smallest absolute Gasteiger partial charge is 0.251 e. The summed E-state index contributed by atoms with van der Waals surface area (Å²) in [5, 5.41) is 2.49. The summed E-state index contributed by atoms with van der Waals surface area (Å²) in [4.78, 5) is 26.0. The standard InChI is InChI=1S/C19H21N3O4S/c1-20-18(23)15-8-10-16(11-9-15)27(25,26)22-13-12-21(2)19(24)17(22)14-6-4-3-5-7-14/h3-11,17H,12-13H2,1-2H3,(H,20,23). The van der Waals surface area contributed by atoms with Crippen LogP contribution in [-0.4, -0.2) is 56.6 Å². The molecular weight excluding hydrogens is 366 g/mol. The Morgan fingerprint density at radius 1 is 1.04 bits per heavy atom. The molecule has 0 saturated carbocycles. The molecule has 8 heteroatoms. The molecule has 0 bridgehead atoms. The van der Waals surface area contributed by atoms with E-state index < -0.39 is 16.1 Å². The number of benzene rings is 2. The molecule has 1 aliphatic rings. The van der Waals surface area contributed by atoms with Crippen LogP contribution >= 0.6 is 0 Å². The molecule has 1 atom stereocenters. The Bertz CT molecular complexity index is 943. The van der Waals surface area contributed by atoms with Crippen LogP contribution in [0.25, 0.3) is 0 Å². The highest BCUT2D eigenvalue weighted by Crippen LogP contribution is 2.31. The zero-order valence-corrected chi connectivity index (χ0v) is 15.9. The number of sulfonamides is 1. The quantitative estimate of drug-likeness (QED) is 0.855. The second-order valence-electron chi connectivity index (χ2n) is 6.29. The molecule has 0 spiro atoms. The van der Waals surface area contributed by atoms with E-state index in [0.29, 0.717) is 17.7 Å². The highest BCUT2D eigenvalue weighted by atomic mass is 32.2. The summed E-state index contributed by atoms with van der Waals surface area (Å²) in [7, 11) is -0.736. The van der Waals surface area contributed by atoms with Crippen molar-refractivity contribution in [1.29, 1.82) is 0 Å². The van der Waals surface area contributed by atoms with E-state index in [1.54, 1.807) is 36.2 Å². The number of nitrogens with one attached hydrogen (secondary N) is 1. The fourth-order valence-electron chi connectivity index (χ4n) is 3.08. The van der Waals surface area contributed by atoms with Crippen LogP contribution in [0.1, 0.15) is 22.0 Å². The number of amides is 2. The van der Waals surface area contributed by atoms with Crippen LogP contribution < -0.4 is 5.32 Å². The third kappa shape index (κ3) is 3.58. The van der Waals surface area contributed by atoms with Crippen LogP contribution in [-0.2, 0) is 14.8 Å². The molecule has 142 valence electrons. The number of hydrogen-bond acceptors (Lipinski definition) is 4. The van der Waals surface area contributed by atoms with Crippen molar-refractivity contribution in [2.24, 2.45) is 0 Å². The predicted molar refractivity (Wildman–Crippen MR) is 101 cm³/mol. The van der Waals surface area contributed by atoms with E-state index in [1.165, 1.54) is 35.6 Å². The minimum Gasteiger partial charge on any atom is -0.355 e. The molecule has 0 aromatic heterocycles. The van der Waals surface area contributed by atoms with Gasteiger partial charge in [-0.15, -0.1) is 0 Å². The number of rotatable bonds is 4. The topological polar surface area (TPSA) is 86.8 Å². The predicted octanol–water partition coefficient (Wildman–Crippen LogP) is 1.25. The van der Waals surface area contributed by atoms with Crippen molar-refractivity contribution in [3.8, 4) is 0 Å². The summed E-state index contributed by atoms with van der Waals surface area (Å²) in [5.41, 5.74) is 0.991. The lowest BCUT2D eigenvalue weighted by Crippen LogP contribution is -2.52. The van der Waals surface area contributed by atoms with E-state index in [4.69, 9.17) is 0 Å². The molecule has 7 nitrogen and oxygen atoms in total. The molecule has 1 N–H and O–H groups in total. The maximum absolute atomic E-state index is 13.2. The summed E-state index contributed by atoms with van der Waals surface area (Å²) >= 11 is 0. The van der Waals surface area contributed by atoms with Gasteiger partial charge >= 0.3 is 0 Å². The number of nitrogens with zero attached hydrogens (tertiary/aromatic N) is 2. The number of carbonyl (C=O) groups excluding carboxylic acids is 2. The molecule has 0 aliphatic carbocycles. The lowest BCUT2D eigenvalue weighted by Gasteiger charge is -2.38. The molecule has 1 saturated heterocycles. The van der Waals surface area contributed by atoms with E-state index >= 15 is 0 Å². The van der Waals surface area contributed by atoms with Crippen molar-refractivity contribution in [3.05, 3.63) is 65.7 Å². The molecule has 27 heavy (non-hydrogen) atoms. The molecule has 2 aromatic rings. The highest BCUT2D eigenvalue weighted by Gasteiger charge is 2.41. The van der Waals surface area contributed by atoms with Gasteiger partial charge in [-0.1, -0.05) is 30.3 Å². The van der Waals surface area contributed by atoms with Crippen LogP contribution in [0.4, 0.5) is 0 Å². The van der Waals surface area contributed by atoms with Gasteiger partial charge in [-0.3, -0.25) is 9.59 Å². The highest BCUT2D eigenvalue weighted by molar-refractivity contribution is 7.89.